The second-order valence-corrected chi connectivity index (χ2v) is 6.43. The molecule has 0 bridgehead atoms. The number of piperidine rings is 1. The van der Waals surface area contributed by atoms with E-state index >= 15 is 0 Å². The van der Waals surface area contributed by atoms with E-state index < -0.39 is 11.6 Å². The Morgan fingerprint density at radius 1 is 1.38 bits per heavy atom. The lowest BCUT2D eigenvalue weighted by molar-refractivity contribution is -0.130. The largest absolute Gasteiger partial charge is 0.342 e. The normalized spacial score (nSPS) is 18.8. The van der Waals surface area contributed by atoms with Crippen LogP contribution in [0.25, 0.3) is 0 Å². The topological polar surface area (TPSA) is 20.3 Å². The summed E-state index contributed by atoms with van der Waals surface area (Å²) in [4.78, 5) is 13.9. The maximum absolute atomic E-state index is 13.2. The summed E-state index contributed by atoms with van der Waals surface area (Å²) >= 11 is 1.55. The molecule has 2 nitrogen and oxygen atoms in total. The van der Waals surface area contributed by atoms with Crippen LogP contribution in [0.15, 0.2) is 18.2 Å². The molecule has 116 valence electrons. The number of amides is 1. The number of carbonyl (C=O) groups is 1. The first-order valence-corrected chi connectivity index (χ1v) is 8.70. The number of halogens is 2. The van der Waals surface area contributed by atoms with Gasteiger partial charge in [-0.15, -0.1) is 0 Å². The van der Waals surface area contributed by atoms with E-state index in [0.717, 1.165) is 44.3 Å². The number of thioether (sulfide) groups is 1. The molecular weight excluding hydrogens is 292 g/mol. The first-order valence-electron chi connectivity index (χ1n) is 7.30. The zero-order valence-electron chi connectivity index (χ0n) is 12.3. The van der Waals surface area contributed by atoms with Crippen molar-refractivity contribution in [3.05, 3.63) is 35.4 Å². The SMILES string of the molecule is CSCC(=O)N1CCC[C@@H](CCc2ccc(F)c(F)c2)C1. The van der Waals surface area contributed by atoms with Crippen LogP contribution in [0.2, 0.25) is 0 Å². The summed E-state index contributed by atoms with van der Waals surface area (Å²) in [6, 6.07) is 4.09. The molecule has 1 atom stereocenters. The summed E-state index contributed by atoms with van der Waals surface area (Å²) in [5.41, 5.74) is 0.821. The van der Waals surface area contributed by atoms with Crippen molar-refractivity contribution in [3.8, 4) is 0 Å². The number of hydrogen-bond donors (Lipinski definition) is 0. The molecule has 0 N–H and O–H groups in total. The summed E-state index contributed by atoms with van der Waals surface area (Å²) in [5.74, 6) is -0.383. The molecule has 0 aliphatic carbocycles. The number of rotatable bonds is 5. The van der Waals surface area contributed by atoms with Crippen LogP contribution in [0.1, 0.15) is 24.8 Å². The molecule has 0 unspecified atom stereocenters. The van der Waals surface area contributed by atoms with Gasteiger partial charge in [-0.1, -0.05) is 6.07 Å². The fraction of sp³-hybridized carbons (Fsp3) is 0.562. The number of aryl methyl sites for hydroxylation is 1. The van der Waals surface area contributed by atoms with Gasteiger partial charge >= 0.3 is 0 Å². The number of benzene rings is 1. The Morgan fingerprint density at radius 2 is 2.19 bits per heavy atom. The molecule has 1 saturated heterocycles. The van der Waals surface area contributed by atoms with Gasteiger partial charge < -0.3 is 4.90 Å². The van der Waals surface area contributed by atoms with E-state index in [1.54, 1.807) is 17.8 Å². The molecule has 1 aliphatic heterocycles. The lowest BCUT2D eigenvalue weighted by Gasteiger charge is -2.32. The number of carbonyl (C=O) groups excluding carboxylic acids is 1. The third-order valence-corrected chi connectivity index (χ3v) is 4.50. The van der Waals surface area contributed by atoms with Gasteiger partial charge in [0, 0.05) is 13.1 Å². The molecule has 0 aromatic heterocycles. The van der Waals surface area contributed by atoms with Gasteiger partial charge in [0.15, 0.2) is 11.6 Å². The maximum Gasteiger partial charge on any atom is 0.232 e. The Morgan fingerprint density at radius 3 is 2.90 bits per heavy atom. The zero-order chi connectivity index (χ0) is 15.2. The molecule has 1 fully saturated rings. The molecule has 0 spiro atoms. The van der Waals surface area contributed by atoms with E-state index in [1.165, 1.54) is 12.1 Å². The van der Waals surface area contributed by atoms with Gasteiger partial charge in [0.1, 0.15) is 0 Å². The van der Waals surface area contributed by atoms with Crippen LogP contribution in [0.3, 0.4) is 0 Å². The van der Waals surface area contributed by atoms with E-state index in [1.807, 2.05) is 11.2 Å². The summed E-state index contributed by atoms with van der Waals surface area (Å²) in [5, 5.41) is 0. The van der Waals surface area contributed by atoms with Gasteiger partial charge in [-0.25, -0.2) is 8.78 Å². The molecule has 1 aromatic carbocycles. The molecule has 0 saturated carbocycles. The molecule has 1 aliphatic rings. The molecular formula is C16H21F2NOS. The zero-order valence-corrected chi connectivity index (χ0v) is 13.1. The first-order chi connectivity index (χ1) is 10.1. The van der Waals surface area contributed by atoms with Crippen molar-refractivity contribution in [1.82, 2.24) is 4.90 Å². The Balaban J connectivity index is 1.85. The molecule has 5 heteroatoms. The van der Waals surface area contributed by atoms with Crippen LogP contribution in [-0.2, 0) is 11.2 Å². The van der Waals surface area contributed by atoms with Gasteiger partial charge in [0.2, 0.25) is 5.91 Å². The summed E-state index contributed by atoms with van der Waals surface area (Å²) in [7, 11) is 0. The van der Waals surface area contributed by atoms with Crippen LogP contribution < -0.4 is 0 Å². The highest BCUT2D eigenvalue weighted by Gasteiger charge is 2.23. The van der Waals surface area contributed by atoms with Gasteiger partial charge in [0.05, 0.1) is 5.75 Å². The molecule has 1 aromatic rings. The molecule has 0 radical (unpaired) electrons. The Labute approximate surface area is 128 Å². The highest BCUT2D eigenvalue weighted by Crippen LogP contribution is 2.22. The van der Waals surface area contributed by atoms with Crippen molar-refractivity contribution in [1.29, 1.82) is 0 Å². The quantitative estimate of drug-likeness (QED) is 0.829. The minimum Gasteiger partial charge on any atom is -0.342 e. The number of hydrogen-bond acceptors (Lipinski definition) is 2. The Bertz CT molecular complexity index is 495. The first kappa shape index (κ1) is 16.3. The number of likely N-dealkylation sites (tertiary alicyclic amines) is 1. The maximum atomic E-state index is 13.2. The van der Waals surface area contributed by atoms with Crippen LogP contribution in [0.5, 0.6) is 0 Å². The van der Waals surface area contributed by atoms with Gasteiger partial charge in [0.25, 0.3) is 0 Å². The molecule has 21 heavy (non-hydrogen) atoms. The van der Waals surface area contributed by atoms with Gasteiger partial charge in [-0.05, 0) is 55.6 Å². The van der Waals surface area contributed by atoms with E-state index in [4.69, 9.17) is 0 Å². The lowest BCUT2D eigenvalue weighted by atomic mass is 9.91. The third-order valence-electron chi connectivity index (χ3n) is 3.96. The minimum atomic E-state index is -0.801. The minimum absolute atomic E-state index is 0.208. The lowest BCUT2D eigenvalue weighted by Crippen LogP contribution is -2.40. The van der Waals surface area contributed by atoms with Crippen LogP contribution in [-0.4, -0.2) is 35.9 Å². The fourth-order valence-corrected chi connectivity index (χ4v) is 3.24. The second-order valence-electron chi connectivity index (χ2n) is 5.57. The van der Waals surface area contributed by atoms with Crippen LogP contribution >= 0.6 is 11.8 Å². The van der Waals surface area contributed by atoms with Crippen molar-refractivity contribution in [2.45, 2.75) is 25.7 Å². The molecule has 1 amide bonds. The average molecular weight is 313 g/mol. The molecule has 2 rings (SSSR count). The predicted molar refractivity (Wildman–Crippen MR) is 82.4 cm³/mol. The van der Waals surface area contributed by atoms with Crippen molar-refractivity contribution in [2.24, 2.45) is 5.92 Å². The van der Waals surface area contributed by atoms with Crippen molar-refractivity contribution in [3.63, 3.8) is 0 Å². The summed E-state index contributed by atoms with van der Waals surface area (Å²) in [6.45, 7) is 1.64. The fourth-order valence-electron chi connectivity index (χ4n) is 2.81. The highest BCUT2D eigenvalue weighted by atomic mass is 32.2. The monoisotopic (exact) mass is 313 g/mol. The summed E-state index contributed by atoms with van der Waals surface area (Å²) in [6.07, 6.45) is 5.71. The molecule has 1 heterocycles. The Kier molecular flexibility index (Phi) is 6.03. The van der Waals surface area contributed by atoms with E-state index in [2.05, 4.69) is 0 Å². The third kappa shape index (κ3) is 4.70. The van der Waals surface area contributed by atoms with Crippen LogP contribution in [0.4, 0.5) is 8.78 Å². The standard InChI is InChI=1S/C16H21F2NOS/c1-21-11-16(20)19-8-2-3-13(10-19)5-4-12-6-7-14(17)15(18)9-12/h6-7,9,13H,2-5,8,10-11H2,1H3/t13-/m0/s1. The second kappa shape index (κ2) is 7.78. The highest BCUT2D eigenvalue weighted by molar-refractivity contribution is 7.99. The Hall–Kier alpha value is -1.10. The van der Waals surface area contributed by atoms with Crippen molar-refractivity contribution >= 4 is 17.7 Å². The van der Waals surface area contributed by atoms with Crippen molar-refractivity contribution in [2.75, 3.05) is 25.1 Å². The van der Waals surface area contributed by atoms with Crippen molar-refractivity contribution < 1.29 is 13.6 Å². The predicted octanol–water partition coefficient (Wildman–Crippen LogP) is 3.50. The number of nitrogens with zero attached hydrogens (tertiary/aromatic N) is 1. The van der Waals surface area contributed by atoms with Gasteiger partial charge in [-0.2, -0.15) is 11.8 Å². The van der Waals surface area contributed by atoms with Crippen LogP contribution in [0, 0.1) is 17.6 Å². The van der Waals surface area contributed by atoms with E-state index in [0.29, 0.717) is 11.7 Å². The van der Waals surface area contributed by atoms with E-state index in [9.17, 15) is 13.6 Å². The van der Waals surface area contributed by atoms with E-state index in [-0.39, 0.29) is 5.91 Å². The smallest absolute Gasteiger partial charge is 0.232 e. The summed E-state index contributed by atoms with van der Waals surface area (Å²) < 4.78 is 26.1. The average Bonchev–Trinajstić information content (AvgIpc) is 2.49. The van der Waals surface area contributed by atoms with Gasteiger partial charge in [-0.3, -0.25) is 4.79 Å².